The van der Waals surface area contributed by atoms with E-state index in [1.165, 1.54) is 0 Å². The zero-order valence-electron chi connectivity index (χ0n) is 29.8. The number of urea groups is 1. The molecule has 2 bridgehead atoms. The van der Waals surface area contributed by atoms with Crippen LogP contribution in [-0.2, 0) is 27.3 Å². The summed E-state index contributed by atoms with van der Waals surface area (Å²) in [5.74, 6) is -4.77. The number of fused-ring (bicyclic) bond motifs is 2. The van der Waals surface area contributed by atoms with Crippen LogP contribution in [0.4, 0.5) is 18.0 Å². The molecular weight excluding hydrogens is 709 g/mol. The summed E-state index contributed by atoms with van der Waals surface area (Å²) in [5.41, 5.74) is 4.05. The number of ether oxygens (including phenoxy) is 2. The molecule has 282 valence electrons. The number of hydrogen-bond donors (Lipinski definition) is 2. The Bertz CT molecular complexity index is 1850. The molecule has 2 N–H and O–H groups in total. The molecule has 2 heterocycles. The molecule has 3 amide bonds. The zero-order chi connectivity index (χ0) is 37.6. The number of carbonyl (C=O) groups is 3. The third kappa shape index (κ3) is 8.98. The lowest BCUT2D eigenvalue weighted by atomic mass is 9.81. The van der Waals surface area contributed by atoms with Crippen LogP contribution < -0.4 is 15.4 Å². The largest absolute Gasteiger partial charge is 0.488 e. The molecule has 1 saturated carbocycles. The second-order valence-corrected chi connectivity index (χ2v) is 14.2. The summed E-state index contributed by atoms with van der Waals surface area (Å²) in [7, 11) is 0. The van der Waals surface area contributed by atoms with E-state index in [1.54, 1.807) is 18.7 Å². The van der Waals surface area contributed by atoms with Crippen LogP contribution in [0.5, 0.6) is 5.75 Å². The van der Waals surface area contributed by atoms with Crippen LogP contribution in [0.15, 0.2) is 66.2 Å². The summed E-state index contributed by atoms with van der Waals surface area (Å²) >= 11 is 6.56. The van der Waals surface area contributed by atoms with Crippen molar-refractivity contribution in [1.29, 1.82) is 0 Å². The summed E-state index contributed by atoms with van der Waals surface area (Å²) in [6.45, 7) is 4.95. The standard InChI is InChI=1S/C40H44ClF3N4O5/c1-3-52-35(49)19-24(2)46-40(51)48-29-20-30(26-12-10-25(11-13-26)7-6-18-53-38-33(43)17-16-32(42)37(38)44)36(34(48)22-45-21-29)39(50)47(28-14-15-28)23-27-8-4-5-9-31(27)41/h4-5,8-13,16-17,24,28-29,34,45H,3,6-7,14-15,18-23H2,1-2H3,(H,46,51)/t24?,29-,34-/m1/s1. The fraction of sp³-hybridized carbons (Fsp3) is 0.425. The molecule has 3 aliphatic rings. The minimum absolute atomic E-state index is 0.0159. The van der Waals surface area contributed by atoms with Crippen molar-refractivity contribution >= 4 is 35.1 Å². The number of hydrogen-bond acceptors (Lipinski definition) is 6. The van der Waals surface area contributed by atoms with Crippen LogP contribution in [0.1, 0.15) is 62.6 Å². The topological polar surface area (TPSA) is 100 Å². The molecule has 0 aromatic heterocycles. The van der Waals surface area contributed by atoms with Gasteiger partial charge < -0.3 is 29.9 Å². The number of rotatable bonds is 14. The number of esters is 1. The van der Waals surface area contributed by atoms with Crippen molar-refractivity contribution in [3.8, 4) is 5.75 Å². The number of halogens is 4. The van der Waals surface area contributed by atoms with Gasteiger partial charge in [0.25, 0.3) is 5.91 Å². The Labute approximate surface area is 312 Å². The van der Waals surface area contributed by atoms with E-state index >= 15 is 0 Å². The highest BCUT2D eigenvalue weighted by molar-refractivity contribution is 6.31. The molecule has 2 aliphatic heterocycles. The molecule has 0 radical (unpaired) electrons. The summed E-state index contributed by atoms with van der Waals surface area (Å²) in [6, 6.07) is 15.2. The van der Waals surface area contributed by atoms with E-state index in [9.17, 15) is 27.6 Å². The third-order valence-corrected chi connectivity index (χ3v) is 10.2. The van der Waals surface area contributed by atoms with E-state index in [2.05, 4.69) is 10.6 Å². The van der Waals surface area contributed by atoms with Gasteiger partial charge in [0.2, 0.25) is 5.82 Å². The van der Waals surface area contributed by atoms with Crippen LogP contribution in [-0.4, -0.2) is 78.2 Å². The second-order valence-electron chi connectivity index (χ2n) is 13.8. The number of carbonyl (C=O) groups excluding carboxylic acids is 3. The first kappa shape index (κ1) is 38.2. The highest BCUT2D eigenvalue weighted by atomic mass is 35.5. The van der Waals surface area contributed by atoms with Gasteiger partial charge in [-0.1, -0.05) is 54.1 Å². The van der Waals surface area contributed by atoms with E-state index in [-0.39, 0.29) is 43.7 Å². The molecule has 1 aliphatic carbocycles. The van der Waals surface area contributed by atoms with Crippen molar-refractivity contribution in [3.63, 3.8) is 0 Å². The van der Waals surface area contributed by atoms with Gasteiger partial charge in [-0.05, 0) is 86.4 Å². The Morgan fingerprint density at radius 3 is 2.47 bits per heavy atom. The SMILES string of the molecule is CCOC(=O)CC(C)NC(=O)N1[C@H]2CNC[C@@H]1C(C(=O)N(Cc1ccccc1Cl)C1CC1)=C(c1ccc(CCCOc3c(F)ccc(F)c3F)cc1)C2. The minimum Gasteiger partial charge on any atom is -0.488 e. The van der Waals surface area contributed by atoms with Crippen molar-refractivity contribution in [2.75, 3.05) is 26.3 Å². The molecule has 6 rings (SSSR count). The number of piperazine rings is 1. The Balaban J connectivity index is 1.26. The van der Waals surface area contributed by atoms with Gasteiger partial charge >= 0.3 is 12.0 Å². The average molecular weight is 753 g/mol. The monoisotopic (exact) mass is 752 g/mol. The van der Waals surface area contributed by atoms with E-state index in [4.69, 9.17) is 21.1 Å². The molecule has 3 aromatic rings. The van der Waals surface area contributed by atoms with Crippen LogP contribution in [0.3, 0.4) is 0 Å². The fourth-order valence-electron chi connectivity index (χ4n) is 7.14. The first-order valence-electron chi connectivity index (χ1n) is 18.1. The molecule has 3 aromatic carbocycles. The van der Waals surface area contributed by atoms with Crippen LogP contribution >= 0.6 is 11.6 Å². The molecule has 1 unspecified atom stereocenters. The lowest BCUT2D eigenvalue weighted by Gasteiger charge is -2.48. The number of benzene rings is 3. The number of aryl methyl sites for hydroxylation is 1. The van der Waals surface area contributed by atoms with Crippen LogP contribution in [0.2, 0.25) is 5.02 Å². The van der Waals surface area contributed by atoms with Gasteiger partial charge in [0.1, 0.15) is 0 Å². The van der Waals surface area contributed by atoms with E-state index in [0.717, 1.165) is 41.2 Å². The molecule has 53 heavy (non-hydrogen) atoms. The van der Waals surface area contributed by atoms with Crippen LogP contribution in [0.25, 0.3) is 5.57 Å². The predicted molar refractivity (Wildman–Crippen MR) is 195 cm³/mol. The number of amides is 3. The lowest BCUT2D eigenvalue weighted by molar-refractivity contribution is -0.143. The smallest absolute Gasteiger partial charge is 0.318 e. The molecule has 13 heteroatoms. The zero-order valence-corrected chi connectivity index (χ0v) is 30.6. The van der Waals surface area contributed by atoms with Gasteiger partial charge in [0, 0.05) is 42.3 Å². The summed E-state index contributed by atoms with van der Waals surface area (Å²) < 4.78 is 51.9. The van der Waals surface area contributed by atoms with E-state index in [1.807, 2.05) is 53.4 Å². The van der Waals surface area contributed by atoms with Crippen molar-refractivity contribution < 1.29 is 37.0 Å². The van der Waals surface area contributed by atoms with Crippen molar-refractivity contribution in [1.82, 2.24) is 20.4 Å². The van der Waals surface area contributed by atoms with Crippen LogP contribution in [0, 0.1) is 17.5 Å². The number of nitrogens with one attached hydrogen (secondary N) is 2. The van der Waals surface area contributed by atoms with Gasteiger partial charge in [0.15, 0.2) is 17.4 Å². The van der Waals surface area contributed by atoms with Gasteiger partial charge in [0.05, 0.1) is 31.7 Å². The van der Waals surface area contributed by atoms with Crippen molar-refractivity contribution in [2.24, 2.45) is 0 Å². The Morgan fingerprint density at radius 2 is 1.75 bits per heavy atom. The maximum absolute atomic E-state index is 14.9. The lowest BCUT2D eigenvalue weighted by Crippen LogP contribution is -2.65. The summed E-state index contributed by atoms with van der Waals surface area (Å²) in [4.78, 5) is 44.6. The normalized spacial score (nSPS) is 18.7. The maximum atomic E-state index is 14.9. The molecule has 2 fully saturated rings. The minimum atomic E-state index is -1.35. The Hall–Kier alpha value is -4.55. The number of nitrogens with zero attached hydrogens (tertiary/aromatic N) is 2. The summed E-state index contributed by atoms with van der Waals surface area (Å²) in [5, 5.41) is 6.97. The molecular formula is C40H44ClF3N4O5. The predicted octanol–water partition coefficient (Wildman–Crippen LogP) is 6.81. The van der Waals surface area contributed by atoms with Crippen molar-refractivity contribution in [3.05, 3.63) is 105 Å². The first-order valence-corrected chi connectivity index (χ1v) is 18.5. The molecule has 3 atom stereocenters. The Kier molecular flexibility index (Phi) is 12.3. The first-order chi connectivity index (χ1) is 25.5. The van der Waals surface area contributed by atoms with Crippen molar-refractivity contribution in [2.45, 2.75) is 83.1 Å². The van der Waals surface area contributed by atoms with E-state index < -0.39 is 41.3 Å². The molecule has 9 nitrogen and oxygen atoms in total. The maximum Gasteiger partial charge on any atom is 0.318 e. The van der Waals surface area contributed by atoms with E-state index in [0.29, 0.717) is 55.6 Å². The molecule has 0 spiro atoms. The fourth-order valence-corrected chi connectivity index (χ4v) is 7.33. The average Bonchev–Trinajstić information content (AvgIpc) is 3.98. The molecule has 1 saturated heterocycles. The van der Waals surface area contributed by atoms with Gasteiger partial charge in [-0.3, -0.25) is 9.59 Å². The second kappa shape index (κ2) is 17.1. The van der Waals surface area contributed by atoms with Gasteiger partial charge in [-0.2, -0.15) is 4.39 Å². The Morgan fingerprint density at radius 1 is 1.02 bits per heavy atom. The van der Waals surface area contributed by atoms with Gasteiger partial charge in [-0.25, -0.2) is 13.6 Å². The van der Waals surface area contributed by atoms with Gasteiger partial charge in [-0.15, -0.1) is 0 Å². The summed E-state index contributed by atoms with van der Waals surface area (Å²) in [6.07, 6.45) is 3.15. The quantitative estimate of drug-likeness (QED) is 0.107. The third-order valence-electron chi connectivity index (χ3n) is 9.87. The highest BCUT2D eigenvalue weighted by Gasteiger charge is 2.47. The highest BCUT2D eigenvalue weighted by Crippen LogP contribution is 2.40.